The Morgan fingerprint density at radius 2 is 1.59 bits per heavy atom. The Hall–Kier alpha value is -1.42. The minimum Gasteiger partial charge on any atom is -0.493 e. The van der Waals surface area contributed by atoms with E-state index in [0.29, 0.717) is 12.6 Å². The highest BCUT2D eigenvalue weighted by molar-refractivity contribution is 6.30. The van der Waals surface area contributed by atoms with E-state index in [1.165, 1.54) is 44.1 Å². The summed E-state index contributed by atoms with van der Waals surface area (Å²) in [5.74, 6) is 1.54. The fourth-order valence-electron chi connectivity index (χ4n) is 3.43. The van der Waals surface area contributed by atoms with Gasteiger partial charge in [-0.15, -0.1) is 12.4 Å². The summed E-state index contributed by atoms with van der Waals surface area (Å²) in [4.78, 5) is 0. The van der Waals surface area contributed by atoms with E-state index in [9.17, 15) is 0 Å². The predicted molar refractivity (Wildman–Crippen MR) is 114 cm³/mol. The Morgan fingerprint density at radius 1 is 0.926 bits per heavy atom. The fraction of sp³-hybridized carbons (Fsp3) is 0.455. The quantitative estimate of drug-likeness (QED) is 0.555. The molecule has 3 rings (SSSR count). The highest BCUT2D eigenvalue weighted by Gasteiger charge is 2.12. The van der Waals surface area contributed by atoms with Crippen molar-refractivity contribution in [1.82, 2.24) is 5.32 Å². The molecule has 1 N–H and O–H groups in total. The molecule has 1 aliphatic rings. The highest BCUT2D eigenvalue weighted by Crippen LogP contribution is 2.29. The van der Waals surface area contributed by atoms with Gasteiger partial charge in [-0.25, -0.2) is 0 Å². The van der Waals surface area contributed by atoms with Crippen molar-refractivity contribution in [3.8, 4) is 11.5 Å². The molecule has 0 amide bonds. The first kappa shape index (κ1) is 21.9. The number of ether oxygens (including phenoxy) is 2. The van der Waals surface area contributed by atoms with Crippen LogP contribution in [0.4, 0.5) is 0 Å². The van der Waals surface area contributed by atoms with Gasteiger partial charge in [0.15, 0.2) is 11.5 Å². The lowest BCUT2D eigenvalue weighted by molar-refractivity contribution is 0.284. The molecule has 1 fully saturated rings. The largest absolute Gasteiger partial charge is 0.493 e. The van der Waals surface area contributed by atoms with Gasteiger partial charge in [0.1, 0.15) is 6.61 Å². The summed E-state index contributed by atoms with van der Waals surface area (Å²) in [6, 6.07) is 14.5. The second-order valence-corrected chi connectivity index (χ2v) is 7.41. The van der Waals surface area contributed by atoms with Crippen LogP contribution in [0.3, 0.4) is 0 Å². The van der Waals surface area contributed by atoms with Crippen molar-refractivity contribution in [2.24, 2.45) is 0 Å². The molecule has 27 heavy (non-hydrogen) atoms. The smallest absolute Gasteiger partial charge is 0.161 e. The Morgan fingerprint density at radius 3 is 2.26 bits per heavy atom. The predicted octanol–water partition coefficient (Wildman–Crippen LogP) is 6.16. The third-order valence-electron chi connectivity index (χ3n) is 4.99. The maximum absolute atomic E-state index is 5.93. The molecule has 0 bridgehead atoms. The lowest BCUT2D eigenvalue weighted by atomic mass is 10.1. The topological polar surface area (TPSA) is 30.5 Å². The van der Waals surface area contributed by atoms with Crippen LogP contribution in [-0.4, -0.2) is 13.2 Å². The molecule has 2 aromatic carbocycles. The van der Waals surface area contributed by atoms with E-state index in [4.69, 9.17) is 21.1 Å². The van der Waals surface area contributed by atoms with Gasteiger partial charge in [-0.3, -0.25) is 0 Å². The van der Waals surface area contributed by atoms with Crippen molar-refractivity contribution >= 4 is 24.0 Å². The number of nitrogens with one attached hydrogen (secondary N) is 1. The van der Waals surface area contributed by atoms with E-state index in [-0.39, 0.29) is 12.4 Å². The lowest BCUT2D eigenvalue weighted by Crippen LogP contribution is -2.27. The summed E-state index contributed by atoms with van der Waals surface area (Å²) in [7, 11) is 1.69. The minimum absolute atomic E-state index is 0. The van der Waals surface area contributed by atoms with E-state index in [1.54, 1.807) is 7.11 Å². The summed E-state index contributed by atoms with van der Waals surface area (Å²) >= 11 is 5.92. The highest BCUT2D eigenvalue weighted by atomic mass is 35.5. The van der Waals surface area contributed by atoms with E-state index in [0.717, 1.165) is 28.6 Å². The molecule has 0 unspecified atom stereocenters. The molecule has 148 valence electrons. The molecule has 0 radical (unpaired) electrons. The van der Waals surface area contributed by atoms with E-state index < -0.39 is 0 Å². The van der Waals surface area contributed by atoms with Crippen LogP contribution in [0.1, 0.15) is 49.7 Å². The van der Waals surface area contributed by atoms with Crippen LogP contribution in [0, 0.1) is 0 Å². The van der Waals surface area contributed by atoms with Crippen molar-refractivity contribution < 1.29 is 9.47 Å². The van der Waals surface area contributed by atoms with Crippen LogP contribution in [0.25, 0.3) is 0 Å². The zero-order valence-corrected chi connectivity index (χ0v) is 17.5. The summed E-state index contributed by atoms with van der Waals surface area (Å²) in [5, 5.41) is 4.44. The number of halogens is 2. The molecule has 0 aliphatic heterocycles. The van der Waals surface area contributed by atoms with Gasteiger partial charge in [0.05, 0.1) is 7.11 Å². The second-order valence-electron chi connectivity index (χ2n) is 6.97. The number of methoxy groups -OCH3 is 1. The molecule has 0 atom stereocenters. The van der Waals surface area contributed by atoms with Crippen LogP contribution in [0.2, 0.25) is 5.02 Å². The summed E-state index contributed by atoms with van der Waals surface area (Å²) in [6.45, 7) is 1.37. The molecule has 0 saturated heterocycles. The minimum atomic E-state index is 0. The van der Waals surface area contributed by atoms with Crippen molar-refractivity contribution in [2.75, 3.05) is 7.11 Å². The van der Waals surface area contributed by atoms with Gasteiger partial charge in [0, 0.05) is 17.6 Å². The van der Waals surface area contributed by atoms with Crippen molar-refractivity contribution in [2.45, 2.75) is 57.7 Å². The molecule has 0 spiro atoms. The van der Waals surface area contributed by atoms with Crippen molar-refractivity contribution in [3.05, 3.63) is 58.6 Å². The van der Waals surface area contributed by atoms with Gasteiger partial charge in [0.2, 0.25) is 0 Å². The number of hydrogen-bond acceptors (Lipinski definition) is 3. The summed E-state index contributed by atoms with van der Waals surface area (Å²) in [6.07, 6.45) is 8.03. The third kappa shape index (κ3) is 6.91. The molecule has 5 heteroatoms. The van der Waals surface area contributed by atoms with Crippen LogP contribution in [-0.2, 0) is 13.2 Å². The third-order valence-corrected chi connectivity index (χ3v) is 5.24. The number of benzene rings is 2. The van der Waals surface area contributed by atoms with Crippen LogP contribution in [0.15, 0.2) is 42.5 Å². The summed E-state index contributed by atoms with van der Waals surface area (Å²) in [5.41, 5.74) is 2.31. The van der Waals surface area contributed by atoms with E-state index in [1.807, 2.05) is 30.3 Å². The first-order valence-corrected chi connectivity index (χ1v) is 9.90. The first-order valence-electron chi connectivity index (χ1n) is 9.52. The van der Waals surface area contributed by atoms with Gasteiger partial charge in [-0.1, -0.05) is 55.5 Å². The molecule has 0 aromatic heterocycles. The second kappa shape index (κ2) is 11.4. The molecule has 2 aromatic rings. The SMILES string of the molecule is COc1cc(CNC2CCCCCC2)ccc1OCc1ccc(Cl)cc1.Cl. The van der Waals surface area contributed by atoms with E-state index in [2.05, 4.69) is 17.4 Å². The zero-order valence-electron chi connectivity index (χ0n) is 15.9. The summed E-state index contributed by atoms with van der Waals surface area (Å²) < 4.78 is 11.5. The lowest BCUT2D eigenvalue weighted by Gasteiger charge is -2.17. The zero-order chi connectivity index (χ0) is 18.2. The molecule has 1 aliphatic carbocycles. The Labute approximate surface area is 173 Å². The van der Waals surface area contributed by atoms with E-state index >= 15 is 0 Å². The van der Waals surface area contributed by atoms with Gasteiger partial charge in [-0.2, -0.15) is 0 Å². The molecule has 0 heterocycles. The Kier molecular flexibility index (Phi) is 9.26. The fourth-order valence-corrected chi connectivity index (χ4v) is 3.55. The first-order chi connectivity index (χ1) is 12.7. The average molecular weight is 410 g/mol. The van der Waals surface area contributed by atoms with Crippen molar-refractivity contribution in [1.29, 1.82) is 0 Å². The van der Waals surface area contributed by atoms with Crippen LogP contribution in [0.5, 0.6) is 11.5 Å². The Balaban J connectivity index is 0.00000261. The van der Waals surface area contributed by atoms with Gasteiger partial charge in [-0.05, 0) is 48.2 Å². The van der Waals surface area contributed by atoms with Gasteiger partial charge >= 0.3 is 0 Å². The molecule has 3 nitrogen and oxygen atoms in total. The molecule has 1 saturated carbocycles. The normalized spacial score (nSPS) is 14.9. The standard InChI is InChI=1S/C22H28ClNO2.ClH/c1-25-22-14-18(15-24-20-6-4-2-3-5-7-20)10-13-21(22)26-16-17-8-11-19(23)12-9-17;/h8-14,20,24H,2-7,15-16H2,1H3;1H. The van der Waals surface area contributed by atoms with Crippen LogP contribution < -0.4 is 14.8 Å². The van der Waals surface area contributed by atoms with Gasteiger partial charge < -0.3 is 14.8 Å². The van der Waals surface area contributed by atoms with Gasteiger partial charge in [0.25, 0.3) is 0 Å². The average Bonchev–Trinajstić information content (AvgIpc) is 2.95. The molecular formula is C22H29Cl2NO2. The monoisotopic (exact) mass is 409 g/mol. The maximum Gasteiger partial charge on any atom is 0.161 e. The number of hydrogen-bond donors (Lipinski definition) is 1. The molecular weight excluding hydrogens is 381 g/mol. The Bertz CT molecular complexity index is 683. The van der Waals surface area contributed by atoms with Crippen LogP contribution >= 0.6 is 24.0 Å². The van der Waals surface area contributed by atoms with Crippen molar-refractivity contribution in [3.63, 3.8) is 0 Å². The number of rotatable bonds is 7. The maximum atomic E-state index is 5.93.